The number of nitrogens with one attached hydrogen (secondary N) is 1. The molecule has 1 N–H and O–H groups in total. The maximum Gasteiger partial charge on any atom is 0.00676 e. The highest BCUT2D eigenvalue weighted by molar-refractivity contribution is 5.62. The van der Waals surface area contributed by atoms with Crippen LogP contribution in [0.3, 0.4) is 0 Å². The highest BCUT2D eigenvalue weighted by Crippen LogP contribution is 2.37. The van der Waals surface area contributed by atoms with Gasteiger partial charge < -0.3 is 5.32 Å². The number of benzene rings is 1. The summed E-state index contributed by atoms with van der Waals surface area (Å²) in [6.07, 6.45) is 7.38. The number of piperidine rings is 1. The molecule has 1 heterocycles. The molecule has 2 atom stereocenters. The summed E-state index contributed by atoms with van der Waals surface area (Å²) in [4.78, 5) is 0. The zero-order valence-electron chi connectivity index (χ0n) is 8.95. The minimum atomic E-state index is 0.661. The van der Waals surface area contributed by atoms with Crippen LogP contribution in [0.15, 0.2) is 30.3 Å². The Labute approximate surface area is 91.2 Å². The van der Waals surface area contributed by atoms with Crippen molar-refractivity contribution in [2.45, 2.75) is 18.8 Å². The molecule has 0 bridgehead atoms. The molecule has 78 valence electrons. The van der Waals surface area contributed by atoms with E-state index >= 15 is 0 Å². The van der Waals surface area contributed by atoms with E-state index in [-0.39, 0.29) is 0 Å². The number of rotatable bonds is 1. The summed E-state index contributed by atoms with van der Waals surface area (Å²) in [5.74, 6) is 1.47. The molecule has 0 spiro atoms. The summed E-state index contributed by atoms with van der Waals surface area (Å²) in [6, 6.07) is 8.80. The normalized spacial score (nSPS) is 29.1. The van der Waals surface area contributed by atoms with Crippen LogP contribution in [0.25, 0.3) is 6.08 Å². The molecule has 0 saturated carbocycles. The first-order valence-corrected chi connectivity index (χ1v) is 5.93. The van der Waals surface area contributed by atoms with Gasteiger partial charge in [0.05, 0.1) is 0 Å². The summed E-state index contributed by atoms with van der Waals surface area (Å²) >= 11 is 0. The number of hydrogen-bond acceptors (Lipinski definition) is 1. The first-order valence-electron chi connectivity index (χ1n) is 5.93. The van der Waals surface area contributed by atoms with Gasteiger partial charge in [-0.25, -0.2) is 0 Å². The van der Waals surface area contributed by atoms with E-state index in [1.54, 1.807) is 0 Å². The van der Waals surface area contributed by atoms with Gasteiger partial charge in [0.1, 0.15) is 0 Å². The number of fused-ring (bicyclic) bond motifs is 1. The molecular weight excluding hydrogens is 182 g/mol. The van der Waals surface area contributed by atoms with Gasteiger partial charge >= 0.3 is 0 Å². The van der Waals surface area contributed by atoms with Crippen molar-refractivity contribution in [1.82, 2.24) is 5.32 Å². The lowest BCUT2D eigenvalue weighted by atomic mass is 9.83. The van der Waals surface area contributed by atoms with E-state index in [9.17, 15) is 0 Å². The van der Waals surface area contributed by atoms with Gasteiger partial charge in [-0.2, -0.15) is 0 Å². The SMILES string of the molecule is C1=CC(C2CCCNC2)c2ccccc21. The molecular formula is C14H17N. The summed E-state index contributed by atoms with van der Waals surface area (Å²) < 4.78 is 0. The van der Waals surface area contributed by atoms with Crippen LogP contribution in [0.2, 0.25) is 0 Å². The molecule has 0 amide bonds. The third-order valence-corrected chi connectivity index (χ3v) is 3.68. The van der Waals surface area contributed by atoms with Gasteiger partial charge in [0.25, 0.3) is 0 Å². The van der Waals surface area contributed by atoms with Crippen molar-refractivity contribution in [3.05, 3.63) is 41.5 Å². The first kappa shape index (κ1) is 9.17. The molecule has 3 rings (SSSR count). The number of allylic oxidation sites excluding steroid dienone is 1. The van der Waals surface area contributed by atoms with Gasteiger partial charge in [-0.15, -0.1) is 0 Å². The van der Waals surface area contributed by atoms with Gasteiger partial charge in [-0.05, 0) is 43.0 Å². The molecule has 1 nitrogen and oxygen atoms in total. The number of hydrogen-bond donors (Lipinski definition) is 1. The second-order valence-electron chi connectivity index (χ2n) is 4.62. The van der Waals surface area contributed by atoms with Crippen LogP contribution in [-0.2, 0) is 0 Å². The lowest BCUT2D eigenvalue weighted by Crippen LogP contribution is -2.32. The highest BCUT2D eigenvalue weighted by Gasteiger charge is 2.26. The maximum absolute atomic E-state index is 3.51. The second kappa shape index (κ2) is 3.82. The van der Waals surface area contributed by atoms with Gasteiger partial charge in [0.15, 0.2) is 0 Å². The Kier molecular flexibility index (Phi) is 2.34. The van der Waals surface area contributed by atoms with Gasteiger partial charge in [0, 0.05) is 5.92 Å². The Bertz CT molecular complexity index is 375. The molecule has 1 aromatic carbocycles. The molecule has 1 fully saturated rings. The van der Waals surface area contributed by atoms with E-state index in [1.807, 2.05) is 0 Å². The summed E-state index contributed by atoms with van der Waals surface area (Å²) in [7, 11) is 0. The lowest BCUT2D eigenvalue weighted by molar-refractivity contribution is 0.353. The van der Waals surface area contributed by atoms with Gasteiger partial charge in [0.2, 0.25) is 0 Å². The van der Waals surface area contributed by atoms with Crippen LogP contribution < -0.4 is 5.32 Å². The molecule has 2 unspecified atom stereocenters. The van der Waals surface area contributed by atoms with Crippen molar-refractivity contribution in [1.29, 1.82) is 0 Å². The van der Waals surface area contributed by atoms with Crippen molar-refractivity contribution in [3.63, 3.8) is 0 Å². The summed E-state index contributed by atoms with van der Waals surface area (Å²) in [5.41, 5.74) is 2.96. The van der Waals surface area contributed by atoms with Crippen molar-refractivity contribution >= 4 is 6.08 Å². The fraction of sp³-hybridized carbons (Fsp3) is 0.429. The van der Waals surface area contributed by atoms with Crippen LogP contribution in [0, 0.1) is 5.92 Å². The first-order chi connectivity index (χ1) is 7.45. The molecule has 15 heavy (non-hydrogen) atoms. The Hall–Kier alpha value is -1.08. The van der Waals surface area contributed by atoms with Crippen LogP contribution in [0.4, 0.5) is 0 Å². The highest BCUT2D eigenvalue weighted by atomic mass is 14.9. The van der Waals surface area contributed by atoms with E-state index in [0.29, 0.717) is 5.92 Å². The average molecular weight is 199 g/mol. The lowest BCUT2D eigenvalue weighted by Gasteiger charge is -2.28. The third kappa shape index (κ3) is 1.61. The molecule has 1 aliphatic heterocycles. The van der Waals surface area contributed by atoms with Crippen LogP contribution in [0.5, 0.6) is 0 Å². The average Bonchev–Trinajstić information content (AvgIpc) is 2.74. The van der Waals surface area contributed by atoms with Gasteiger partial charge in [-0.3, -0.25) is 0 Å². The second-order valence-corrected chi connectivity index (χ2v) is 4.62. The largest absolute Gasteiger partial charge is 0.316 e. The molecule has 1 heteroatoms. The summed E-state index contributed by atoms with van der Waals surface area (Å²) in [5, 5.41) is 3.51. The molecule has 2 aliphatic rings. The fourth-order valence-electron chi connectivity index (χ4n) is 2.87. The maximum atomic E-state index is 3.51. The summed E-state index contributed by atoms with van der Waals surface area (Å²) in [6.45, 7) is 2.39. The monoisotopic (exact) mass is 199 g/mol. The van der Waals surface area contributed by atoms with Crippen LogP contribution in [0.1, 0.15) is 29.9 Å². The Morgan fingerprint density at radius 1 is 1.20 bits per heavy atom. The van der Waals surface area contributed by atoms with E-state index in [4.69, 9.17) is 0 Å². The van der Waals surface area contributed by atoms with Crippen molar-refractivity contribution < 1.29 is 0 Å². The van der Waals surface area contributed by atoms with Gasteiger partial charge in [-0.1, -0.05) is 36.4 Å². The fourth-order valence-corrected chi connectivity index (χ4v) is 2.87. The van der Waals surface area contributed by atoms with Crippen LogP contribution in [-0.4, -0.2) is 13.1 Å². The predicted molar refractivity (Wildman–Crippen MR) is 63.8 cm³/mol. The van der Waals surface area contributed by atoms with E-state index < -0.39 is 0 Å². The predicted octanol–water partition coefficient (Wildman–Crippen LogP) is 2.80. The topological polar surface area (TPSA) is 12.0 Å². The minimum absolute atomic E-state index is 0.661. The standard InChI is InChI=1S/C14H17N/c1-2-6-13-11(4-1)7-8-14(13)12-5-3-9-15-10-12/h1-2,4,6-8,12,14-15H,3,5,9-10H2. The molecule has 0 radical (unpaired) electrons. The van der Waals surface area contributed by atoms with E-state index in [2.05, 4.69) is 41.7 Å². The Balaban J connectivity index is 1.86. The van der Waals surface area contributed by atoms with E-state index in [0.717, 1.165) is 5.92 Å². The van der Waals surface area contributed by atoms with Crippen molar-refractivity contribution in [2.75, 3.05) is 13.1 Å². The molecule has 1 aliphatic carbocycles. The molecule has 1 aromatic rings. The van der Waals surface area contributed by atoms with E-state index in [1.165, 1.54) is 37.1 Å². The minimum Gasteiger partial charge on any atom is -0.316 e. The smallest absolute Gasteiger partial charge is 0.00676 e. The Morgan fingerprint density at radius 2 is 2.13 bits per heavy atom. The Morgan fingerprint density at radius 3 is 3.00 bits per heavy atom. The zero-order chi connectivity index (χ0) is 10.1. The quantitative estimate of drug-likeness (QED) is 0.733. The van der Waals surface area contributed by atoms with Crippen molar-refractivity contribution in [2.24, 2.45) is 5.92 Å². The van der Waals surface area contributed by atoms with Crippen LogP contribution >= 0.6 is 0 Å². The zero-order valence-corrected chi connectivity index (χ0v) is 8.95. The molecule has 0 aromatic heterocycles. The molecule has 1 saturated heterocycles. The third-order valence-electron chi connectivity index (χ3n) is 3.68. The van der Waals surface area contributed by atoms with Crippen molar-refractivity contribution in [3.8, 4) is 0 Å².